The summed E-state index contributed by atoms with van der Waals surface area (Å²) in [4.78, 5) is 0. The molecule has 0 amide bonds. The SMILES string of the molecule is CC(C)COC1CC(NCc2cn[nH]c2)C1(C)C. The molecule has 18 heavy (non-hydrogen) atoms. The third kappa shape index (κ3) is 2.93. The van der Waals surface area contributed by atoms with Gasteiger partial charge in [-0.05, 0) is 12.3 Å². The molecule has 1 aromatic heterocycles. The average Bonchev–Trinajstić information content (AvgIpc) is 2.79. The van der Waals surface area contributed by atoms with Crippen LogP contribution in [0.1, 0.15) is 39.7 Å². The van der Waals surface area contributed by atoms with Crippen LogP contribution in [0.5, 0.6) is 0 Å². The van der Waals surface area contributed by atoms with Crippen LogP contribution in [0.25, 0.3) is 0 Å². The van der Waals surface area contributed by atoms with Crippen LogP contribution in [0.15, 0.2) is 12.4 Å². The van der Waals surface area contributed by atoms with Gasteiger partial charge in [0.2, 0.25) is 0 Å². The Morgan fingerprint density at radius 2 is 2.33 bits per heavy atom. The number of H-pyrrole nitrogens is 1. The van der Waals surface area contributed by atoms with Crippen LogP contribution in [0.2, 0.25) is 0 Å². The number of hydrogen-bond acceptors (Lipinski definition) is 3. The predicted molar refractivity (Wildman–Crippen MR) is 72.2 cm³/mol. The Bertz CT molecular complexity index is 359. The number of ether oxygens (including phenoxy) is 1. The highest BCUT2D eigenvalue weighted by molar-refractivity contribution is 5.06. The Morgan fingerprint density at radius 1 is 1.56 bits per heavy atom. The van der Waals surface area contributed by atoms with Gasteiger partial charge in [0.15, 0.2) is 0 Å². The van der Waals surface area contributed by atoms with Gasteiger partial charge in [0, 0.05) is 36.4 Å². The molecular weight excluding hydrogens is 226 g/mol. The van der Waals surface area contributed by atoms with Gasteiger partial charge < -0.3 is 10.1 Å². The molecule has 2 unspecified atom stereocenters. The van der Waals surface area contributed by atoms with Gasteiger partial charge in [-0.2, -0.15) is 5.10 Å². The van der Waals surface area contributed by atoms with Gasteiger partial charge in [-0.3, -0.25) is 5.10 Å². The van der Waals surface area contributed by atoms with Crippen LogP contribution in [0.4, 0.5) is 0 Å². The third-order valence-corrected chi connectivity index (χ3v) is 3.92. The molecule has 1 saturated carbocycles. The highest BCUT2D eigenvalue weighted by Gasteiger charge is 2.48. The Balaban J connectivity index is 1.76. The lowest BCUT2D eigenvalue weighted by atomic mass is 9.64. The second-order valence-corrected chi connectivity index (χ2v) is 6.31. The molecule has 0 aromatic carbocycles. The molecule has 1 heterocycles. The lowest BCUT2D eigenvalue weighted by molar-refractivity contribution is -0.124. The zero-order chi connectivity index (χ0) is 13.2. The fourth-order valence-corrected chi connectivity index (χ4v) is 2.44. The molecule has 1 aliphatic carbocycles. The first kappa shape index (κ1) is 13.6. The minimum absolute atomic E-state index is 0.221. The summed E-state index contributed by atoms with van der Waals surface area (Å²) < 4.78 is 5.96. The molecule has 1 aromatic rings. The Morgan fingerprint density at radius 3 is 2.89 bits per heavy atom. The number of aromatic amines is 1. The zero-order valence-electron chi connectivity index (χ0n) is 11.9. The van der Waals surface area contributed by atoms with Gasteiger partial charge in [-0.1, -0.05) is 27.7 Å². The normalized spacial score (nSPS) is 26.3. The molecule has 0 saturated heterocycles. The standard InChI is InChI=1S/C14H25N3O/c1-10(2)9-18-13-5-12(14(13,3)4)15-6-11-7-16-17-8-11/h7-8,10,12-13,15H,5-6,9H2,1-4H3,(H,16,17). The molecule has 0 bridgehead atoms. The van der Waals surface area contributed by atoms with Gasteiger partial charge in [0.25, 0.3) is 0 Å². The first-order valence-corrected chi connectivity index (χ1v) is 6.82. The van der Waals surface area contributed by atoms with Crippen molar-refractivity contribution in [3.63, 3.8) is 0 Å². The summed E-state index contributed by atoms with van der Waals surface area (Å²) in [6, 6.07) is 0.532. The third-order valence-electron chi connectivity index (χ3n) is 3.92. The van der Waals surface area contributed by atoms with Crippen molar-refractivity contribution in [1.82, 2.24) is 15.5 Å². The molecule has 0 radical (unpaired) electrons. The van der Waals surface area contributed by atoms with Crippen molar-refractivity contribution in [3.05, 3.63) is 18.0 Å². The molecular formula is C14H25N3O. The Hall–Kier alpha value is -0.870. The van der Waals surface area contributed by atoms with Crippen LogP contribution in [0, 0.1) is 11.3 Å². The van der Waals surface area contributed by atoms with Crippen molar-refractivity contribution in [2.45, 2.75) is 52.8 Å². The van der Waals surface area contributed by atoms with Gasteiger partial charge in [0.1, 0.15) is 0 Å². The summed E-state index contributed by atoms with van der Waals surface area (Å²) in [6.07, 6.45) is 5.30. The highest BCUT2D eigenvalue weighted by atomic mass is 16.5. The molecule has 2 rings (SSSR count). The number of hydrogen-bond donors (Lipinski definition) is 2. The van der Waals surface area contributed by atoms with Crippen molar-refractivity contribution < 1.29 is 4.74 Å². The molecule has 4 heteroatoms. The molecule has 0 aliphatic heterocycles. The van der Waals surface area contributed by atoms with Crippen LogP contribution in [-0.4, -0.2) is 29.0 Å². The minimum atomic E-state index is 0.221. The van der Waals surface area contributed by atoms with E-state index in [1.165, 1.54) is 5.56 Å². The smallest absolute Gasteiger partial charge is 0.0656 e. The molecule has 1 aliphatic rings. The maximum Gasteiger partial charge on any atom is 0.0656 e. The molecule has 102 valence electrons. The van der Waals surface area contributed by atoms with Gasteiger partial charge >= 0.3 is 0 Å². The number of nitrogens with zero attached hydrogens (tertiary/aromatic N) is 1. The van der Waals surface area contributed by atoms with E-state index < -0.39 is 0 Å². The first-order chi connectivity index (χ1) is 8.50. The van der Waals surface area contributed by atoms with Gasteiger partial charge in [0.05, 0.1) is 12.3 Å². The van der Waals surface area contributed by atoms with Crippen LogP contribution >= 0.6 is 0 Å². The van der Waals surface area contributed by atoms with Crippen LogP contribution in [-0.2, 0) is 11.3 Å². The number of nitrogens with one attached hydrogen (secondary N) is 2. The molecule has 0 spiro atoms. The van der Waals surface area contributed by atoms with Crippen LogP contribution in [0.3, 0.4) is 0 Å². The van der Waals surface area contributed by atoms with E-state index in [1.807, 2.05) is 12.4 Å². The lowest BCUT2D eigenvalue weighted by Crippen LogP contribution is -2.60. The van der Waals surface area contributed by atoms with E-state index in [0.29, 0.717) is 18.1 Å². The van der Waals surface area contributed by atoms with Gasteiger partial charge in [-0.15, -0.1) is 0 Å². The summed E-state index contributed by atoms with van der Waals surface area (Å²) >= 11 is 0. The Labute approximate surface area is 110 Å². The molecule has 2 N–H and O–H groups in total. The summed E-state index contributed by atoms with van der Waals surface area (Å²) in [5, 5.41) is 10.4. The molecule has 2 atom stereocenters. The summed E-state index contributed by atoms with van der Waals surface area (Å²) in [7, 11) is 0. The molecule has 4 nitrogen and oxygen atoms in total. The topological polar surface area (TPSA) is 49.9 Å². The van der Waals surface area contributed by atoms with Crippen molar-refractivity contribution >= 4 is 0 Å². The average molecular weight is 251 g/mol. The number of aromatic nitrogens is 2. The second-order valence-electron chi connectivity index (χ2n) is 6.31. The summed E-state index contributed by atoms with van der Waals surface area (Å²) in [6.45, 7) is 10.7. The fraction of sp³-hybridized carbons (Fsp3) is 0.786. The van der Waals surface area contributed by atoms with E-state index in [9.17, 15) is 0 Å². The zero-order valence-corrected chi connectivity index (χ0v) is 11.9. The van der Waals surface area contributed by atoms with Crippen molar-refractivity contribution in [3.8, 4) is 0 Å². The van der Waals surface area contributed by atoms with E-state index in [-0.39, 0.29) is 5.41 Å². The largest absolute Gasteiger partial charge is 0.377 e. The van der Waals surface area contributed by atoms with E-state index >= 15 is 0 Å². The monoisotopic (exact) mass is 251 g/mol. The quantitative estimate of drug-likeness (QED) is 0.816. The predicted octanol–water partition coefficient (Wildman–Crippen LogP) is 2.34. The van der Waals surface area contributed by atoms with E-state index in [2.05, 4.69) is 43.2 Å². The first-order valence-electron chi connectivity index (χ1n) is 6.82. The second kappa shape index (κ2) is 5.41. The van der Waals surface area contributed by atoms with Crippen LogP contribution < -0.4 is 5.32 Å². The lowest BCUT2D eigenvalue weighted by Gasteiger charge is -2.52. The summed E-state index contributed by atoms with van der Waals surface area (Å²) in [5.74, 6) is 0.610. The minimum Gasteiger partial charge on any atom is -0.377 e. The van der Waals surface area contributed by atoms with E-state index in [1.54, 1.807) is 0 Å². The maximum atomic E-state index is 5.96. The Kier molecular flexibility index (Phi) is 4.07. The summed E-state index contributed by atoms with van der Waals surface area (Å²) in [5.41, 5.74) is 1.43. The fourth-order valence-electron chi connectivity index (χ4n) is 2.44. The van der Waals surface area contributed by atoms with Crippen molar-refractivity contribution in [1.29, 1.82) is 0 Å². The number of rotatable bonds is 6. The maximum absolute atomic E-state index is 5.96. The van der Waals surface area contributed by atoms with E-state index in [4.69, 9.17) is 4.74 Å². The van der Waals surface area contributed by atoms with E-state index in [0.717, 1.165) is 19.6 Å². The highest BCUT2D eigenvalue weighted by Crippen LogP contribution is 2.43. The molecule has 1 fully saturated rings. The van der Waals surface area contributed by atoms with Crippen molar-refractivity contribution in [2.24, 2.45) is 11.3 Å². The van der Waals surface area contributed by atoms with Crippen molar-refractivity contribution in [2.75, 3.05) is 6.61 Å². The van der Waals surface area contributed by atoms with Gasteiger partial charge in [-0.25, -0.2) is 0 Å².